The molecule has 2 aromatic heterocycles. The molecule has 2 heterocycles. The van der Waals surface area contributed by atoms with Crippen molar-refractivity contribution in [2.75, 3.05) is 0 Å². The number of carbonyl (C=O) groups excluding carboxylic acids is 1. The first kappa shape index (κ1) is 25.1. The molecule has 3 rings (SSSR count). The van der Waals surface area contributed by atoms with E-state index >= 15 is 4.39 Å². The molecule has 0 spiro atoms. The van der Waals surface area contributed by atoms with Crippen molar-refractivity contribution >= 4 is 5.78 Å². The number of aromatic nitrogens is 4. The van der Waals surface area contributed by atoms with Crippen molar-refractivity contribution in [2.45, 2.75) is 52.6 Å². The number of ketones is 1. The molecule has 0 aliphatic rings. The third kappa shape index (κ3) is 5.01. The van der Waals surface area contributed by atoms with Gasteiger partial charge in [-0.2, -0.15) is 22.8 Å². The van der Waals surface area contributed by atoms with Gasteiger partial charge in [0.2, 0.25) is 5.88 Å². The average Bonchev–Trinajstić information content (AvgIpc) is 3.10. The third-order valence-electron chi connectivity index (χ3n) is 5.18. The van der Waals surface area contributed by atoms with Gasteiger partial charge < -0.3 is 9.84 Å². The Morgan fingerprint density at radius 2 is 1.94 bits per heavy atom. The first-order valence-corrected chi connectivity index (χ1v) is 10.3. The van der Waals surface area contributed by atoms with E-state index in [0.29, 0.717) is 23.2 Å². The fourth-order valence-corrected chi connectivity index (χ4v) is 3.22. The lowest BCUT2D eigenvalue weighted by atomic mass is 10.00. The molecule has 0 unspecified atom stereocenters. The van der Waals surface area contributed by atoms with Crippen LogP contribution in [0.2, 0.25) is 0 Å². The molecule has 1 N–H and O–H groups in total. The van der Waals surface area contributed by atoms with E-state index in [9.17, 15) is 27.9 Å². The molecule has 1 atom stereocenters. The largest absolute Gasteiger partial charge is 0.464 e. The predicted molar refractivity (Wildman–Crippen MR) is 113 cm³/mol. The van der Waals surface area contributed by atoms with Gasteiger partial charge in [-0.3, -0.25) is 9.36 Å². The Bertz CT molecular complexity index is 1270. The summed E-state index contributed by atoms with van der Waals surface area (Å²) in [4.78, 5) is 29.3. The SMILES string of the molecule is CCn1c(CO)nn(-c2nc(O[C@@H](C)C(F)(F)F)c(C(=O)Cc3ccccc3C)cc2F)c1=O. The first-order chi connectivity index (χ1) is 16.0. The van der Waals surface area contributed by atoms with Gasteiger partial charge in [-0.25, -0.2) is 9.18 Å². The minimum absolute atomic E-state index is 0.0950. The number of ether oxygens (including phenoxy) is 1. The number of benzene rings is 1. The number of aryl methyl sites for hydroxylation is 1. The molecule has 0 bridgehead atoms. The van der Waals surface area contributed by atoms with E-state index in [4.69, 9.17) is 4.74 Å². The standard InChI is InChI=1S/C22H22F4N4O4/c1-4-29-18(11-31)28-30(21(29)33)19-16(23)10-15(20(27-19)34-13(3)22(24,25)26)17(32)9-14-8-6-5-7-12(14)2/h5-8,10,13,31H,4,9,11H2,1-3H3/t13-/m0/s1. The number of rotatable bonds is 8. The topological polar surface area (TPSA) is 99.2 Å². The van der Waals surface area contributed by atoms with Gasteiger partial charge in [0.15, 0.2) is 29.3 Å². The van der Waals surface area contributed by atoms with Crippen molar-refractivity contribution in [1.29, 1.82) is 0 Å². The lowest BCUT2D eigenvalue weighted by Crippen LogP contribution is -2.32. The summed E-state index contributed by atoms with van der Waals surface area (Å²) >= 11 is 0. The molecule has 1 aromatic carbocycles. The van der Waals surface area contributed by atoms with Crippen LogP contribution in [-0.2, 0) is 19.6 Å². The van der Waals surface area contributed by atoms with Crippen molar-refractivity contribution in [2.24, 2.45) is 0 Å². The molecule has 0 fully saturated rings. The maximum atomic E-state index is 15.0. The number of halogens is 4. The zero-order valence-electron chi connectivity index (χ0n) is 18.6. The molecule has 3 aromatic rings. The van der Waals surface area contributed by atoms with Crippen LogP contribution in [0.3, 0.4) is 0 Å². The van der Waals surface area contributed by atoms with Crippen molar-refractivity contribution in [3.63, 3.8) is 0 Å². The van der Waals surface area contributed by atoms with Crippen LogP contribution < -0.4 is 10.4 Å². The number of carbonyl (C=O) groups is 1. The van der Waals surface area contributed by atoms with E-state index in [1.165, 1.54) is 0 Å². The van der Waals surface area contributed by atoms with E-state index in [2.05, 4.69) is 10.1 Å². The van der Waals surface area contributed by atoms with Crippen LogP contribution in [0.15, 0.2) is 35.1 Å². The highest BCUT2D eigenvalue weighted by molar-refractivity contribution is 5.99. The van der Waals surface area contributed by atoms with E-state index in [0.717, 1.165) is 10.1 Å². The fourth-order valence-electron chi connectivity index (χ4n) is 3.22. The minimum atomic E-state index is -4.79. The predicted octanol–water partition coefficient (Wildman–Crippen LogP) is 3.14. The van der Waals surface area contributed by atoms with Gasteiger partial charge in [0.05, 0.1) is 5.56 Å². The summed E-state index contributed by atoms with van der Waals surface area (Å²) in [7, 11) is 0. The Morgan fingerprint density at radius 1 is 1.26 bits per heavy atom. The molecule has 34 heavy (non-hydrogen) atoms. The van der Waals surface area contributed by atoms with Crippen molar-refractivity contribution in [3.05, 3.63) is 69.1 Å². The van der Waals surface area contributed by atoms with Crippen LogP contribution in [0.25, 0.3) is 5.82 Å². The molecular formula is C22H22F4N4O4. The molecule has 0 amide bonds. The van der Waals surface area contributed by atoms with Gasteiger partial charge in [0.25, 0.3) is 0 Å². The summed E-state index contributed by atoms with van der Waals surface area (Å²) in [6, 6.07) is 7.54. The monoisotopic (exact) mass is 482 g/mol. The molecule has 182 valence electrons. The molecule has 0 aliphatic carbocycles. The zero-order valence-corrected chi connectivity index (χ0v) is 18.6. The number of hydrogen-bond donors (Lipinski definition) is 1. The van der Waals surface area contributed by atoms with Crippen molar-refractivity contribution < 1.29 is 32.2 Å². The highest BCUT2D eigenvalue weighted by Crippen LogP contribution is 2.29. The van der Waals surface area contributed by atoms with Crippen molar-refractivity contribution in [3.8, 4) is 11.7 Å². The van der Waals surface area contributed by atoms with Crippen LogP contribution in [0.5, 0.6) is 5.88 Å². The summed E-state index contributed by atoms with van der Waals surface area (Å²) in [6.45, 7) is 3.51. The third-order valence-corrected chi connectivity index (χ3v) is 5.18. The average molecular weight is 482 g/mol. The number of alkyl halides is 3. The van der Waals surface area contributed by atoms with E-state index < -0.39 is 53.4 Å². The Kier molecular flexibility index (Phi) is 7.20. The second kappa shape index (κ2) is 9.75. The number of aliphatic hydroxyl groups is 1. The summed E-state index contributed by atoms with van der Waals surface area (Å²) in [5.41, 5.74) is -0.0183. The van der Waals surface area contributed by atoms with Gasteiger partial charge in [0.1, 0.15) is 6.61 Å². The Morgan fingerprint density at radius 3 is 2.50 bits per heavy atom. The molecule has 8 nitrogen and oxygen atoms in total. The highest BCUT2D eigenvalue weighted by Gasteiger charge is 2.39. The number of aliphatic hydroxyl groups excluding tert-OH is 1. The summed E-state index contributed by atoms with van der Waals surface area (Å²) in [6.07, 6.45) is -7.40. The Labute approximate surface area is 191 Å². The van der Waals surface area contributed by atoms with Gasteiger partial charge in [0, 0.05) is 13.0 Å². The minimum Gasteiger partial charge on any atom is -0.464 e. The van der Waals surface area contributed by atoms with Gasteiger partial charge >= 0.3 is 11.9 Å². The Balaban J connectivity index is 2.14. The highest BCUT2D eigenvalue weighted by atomic mass is 19.4. The quantitative estimate of drug-likeness (QED) is 0.391. The lowest BCUT2D eigenvalue weighted by Gasteiger charge is -2.19. The maximum absolute atomic E-state index is 15.0. The summed E-state index contributed by atoms with van der Waals surface area (Å²) in [5.74, 6) is -3.54. The lowest BCUT2D eigenvalue weighted by molar-refractivity contribution is -0.190. The summed E-state index contributed by atoms with van der Waals surface area (Å²) < 4.78 is 61.0. The van der Waals surface area contributed by atoms with Gasteiger partial charge in [-0.05, 0) is 38.0 Å². The molecule has 0 radical (unpaired) electrons. The second-order valence-electron chi connectivity index (χ2n) is 7.49. The number of hydrogen-bond acceptors (Lipinski definition) is 6. The first-order valence-electron chi connectivity index (χ1n) is 10.3. The molecular weight excluding hydrogens is 460 g/mol. The van der Waals surface area contributed by atoms with Crippen LogP contribution in [0.1, 0.15) is 41.2 Å². The van der Waals surface area contributed by atoms with Crippen LogP contribution in [0, 0.1) is 12.7 Å². The molecule has 12 heteroatoms. The van der Waals surface area contributed by atoms with Crippen LogP contribution in [0.4, 0.5) is 17.6 Å². The number of Topliss-reactive ketones (excluding diaryl/α,β-unsaturated/α-hetero) is 1. The summed E-state index contributed by atoms with van der Waals surface area (Å²) in [5, 5.41) is 13.2. The number of pyridine rings is 1. The van der Waals surface area contributed by atoms with E-state index in [1.807, 2.05) is 0 Å². The molecule has 0 saturated carbocycles. The fraction of sp³-hybridized carbons (Fsp3) is 0.364. The van der Waals surface area contributed by atoms with Crippen molar-refractivity contribution in [1.82, 2.24) is 19.3 Å². The zero-order chi connectivity index (χ0) is 25.2. The Hall–Kier alpha value is -3.54. The van der Waals surface area contributed by atoms with Gasteiger partial charge in [-0.15, -0.1) is 5.10 Å². The number of nitrogens with zero attached hydrogens (tertiary/aromatic N) is 4. The van der Waals surface area contributed by atoms with Gasteiger partial charge in [-0.1, -0.05) is 24.3 Å². The maximum Gasteiger partial charge on any atom is 0.425 e. The smallest absolute Gasteiger partial charge is 0.425 e. The van der Waals surface area contributed by atoms with Crippen LogP contribution >= 0.6 is 0 Å². The second-order valence-corrected chi connectivity index (χ2v) is 7.49. The normalized spacial score (nSPS) is 12.6. The van der Waals surface area contributed by atoms with E-state index in [-0.39, 0.29) is 18.8 Å². The van der Waals surface area contributed by atoms with E-state index in [1.54, 1.807) is 38.1 Å². The molecule has 0 aliphatic heterocycles. The molecule has 0 saturated heterocycles. The van der Waals surface area contributed by atoms with Crippen LogP contribution in [-0.4, -0.2) is 42.5 Å².